The van der Waals surface area contributed by atoms with Crippen LogP contribution in [0.1, 0.15) is 6.92 Å². The van der Waals surface area contributed by atoms with Gasteiger partial charge < -0.3 is 14.5 Å². The number of rotatable bonds is 7. The molecule has 4 rings (SSSR count). The van der Waals surface area contributed by atoms with Crippen molar-refractivity contribution >= 4 is 29.4 Å². The second kappa shape index (κ2) is 7.48. The molecule has 2 aliphatic heterocycles. The van der Waals surface area contributed by atoms with Gasteiger partial charge in [0.2, 0.25) is 5.91 Å². The van der Waals surface area contributed by atoms with Crippen LogP contribution in [0, 0.1) is 5.92 Å². The number of hydrogen-bond acceptors (Lipinski definition) is 9. The van der Waals surface area contributed by atoms with Crippen LogP contribution in [0.25, 0.3) is 0 Å². The first-order valence-electron chi connectivity index (χ1n) is 8.90. The Morgan fingerprint density at radius 3 is 2.72 bits per heavy atom. The van der Waals surface area contributed by atoms with Gasteiger partial charge in [-0.3, -0.25) is 14.3 Å². The molecule has 2 aromatic rings. The first-order valence-corrected chi connectivity index (χ1v) is 9.78. The number of nitrogens with zero attached hydrogens (tertiary/aromatic N) is 4. The number of Topliss-reactive ketones (excluding diaryl/α,β-unsaturated/α-hetero) is 1. The highest BCUT2D eigenvalue weighted by Gasteiger charge is 2.67. The van der Waals surface area contributed by atoms with Crippen molar-refractivity contribution in [3.63, 3.8) is 0 Å². The predicted octanol–water partition coefficient (Wildman–Crippen LogP) is 0.00170. The second-order valence-electron chi connectivity index (χ2n) is 7.05. The van der Waals surface area contributed by atoms with Crippen LogP contribution in [0.3, 0.4) is 0 Å². The van der Waals surface area contributed by atoms with Crippen LogP contribution >= 0.6 is 11.8 Å². The minimum Gasteiger partial charge on any atom is -0.486 e. The van der Waals surface area contributed by atoms with E-state index < -0.39 is 34.0 Å². The average Bonchev–Trinajstić information content (AvgIpc) is 3.31. The molecule has 2 N–H and O–H groups in total. The van der Waals surface area contributed by atoms with Gasteiger partial charge in [-0.05, 0) is 19.1 Å². The molecule has 0 spiro atoms. The Kier molecular flexibility index (Phi) is 5.01. The summed E-state index contributed by atoms with van der Waals surface area (Å²) in [5.74, 6) is 3.28. The number of thioether (sulfide) groups is 1. The number of carbonyl (C=O) groups is 3. The van der Waals surface area contributed by atoms with Gasteiger partial charge in [0.05, 0.1) is 22.9 Å². The highest BCUT2D eigenvalue weighted by atomic mass is 32.2. The zero-order valence-corrected chi connectivity index (χ0v) is 16.3. The van der Waals surface area contributed by atoms with Crippen molar-refractivity contribution in [2.75, 3.05) is 6.61 Å². The number of amides is 1. The SMILES string of the molecule is C[C@@]1(Cn2ccnn2)S[C@H]2[C@H](C(=O)COc3ccccc3)C(=O)N2[C@H]1C(=O)ON. The lowest BCUT2D eigenvalue weighted by Gasteiger charge is -2.42. The van der Waals surface area contributed by atoms with Crippen molar-refractivity contribution in [2.45, 2.75) is 29.6 Å². The third-order valence-electron chi connectivity index (χ3n) is 5.08. The summed E-state index contributed by atoms with van der Waals surface area (Å²) in [5.41, 5.74) is 0. The van der Waals surface area contributed by atoms with Crippen molar-refractivity contribution in [3.05, 3.63) is 42.7 Å². The van der Waals surface area contributed by atoms with Gasteiger partial charge in [0.15, 0.2) is 5.78 Å². The maximum absolute atomic E-state index is 12.8. The highest BCUT2D eigenvalue weighted by molar-refractivity contribution is 8.01. The van der Waals surface area contributed by atoms with Crippen LogP contribution in [0.2, 0.25) is 0 Å². The van der Waals surface area contributed by atoms with Crippen molar-refractivity contribution in [1.29, 1.82) is 0 Å². The molecule has 0 radical (unpaired) electrons. The number of fused-ring (bicyclic) bond motifs is 1. The van der Waals surface area contributed by atoms with Crippen LogP contribution in [0.4, 0.5) is 0 Å². The van der Waals surface area contributed by atoms with Gasteiger partial charge in [-0.25, -0.2) is 4.79 Å². The Bertz CT molecular complexity index is 924. The Morgan fingerprint density at radius 1 is 1.31 bits per heavy atom. The van der Waals surface area contributed by atoms with Crippen LogP contribution in [0.5, 0.6) is 5.75 Å². The molecule has 0 unspecified atom stereocenters. The third kappa shape index (κ3) is 3.36. The summed E-state index contributed by atoms with van der Waals surface area (Å²) in [6.07, 6.45) is 3.18. The lowest BCUT2D eigenvalue weighted by Crippen LogP contribution is -2.65. The fourth-order valence-corrected chi connectivity index (χ4v) is 5.61. The number of carbonyl (C=O) groups excluding carboxylic acids is 3. The summed E-state index contributed by atoms with van der Waals surface area (Å²) < 4.78 is 6.26. The van der Waals surface area contributed by atoms with Crippen molar-refractivity contribution in [1.82, 2.24) is 19.9 Å². The van der Waals surface area contributed by atoms with E-state index in [0.29, 0.717) is 12.3 Å². The van der Waals surface area contributed by atoms with Crippen molar-refractivity contribution in [3.8, 4) is 5.75 Å². The minimum atomic E-state index is -0.932. The maximum Gasteiger partial charge on any atom is 0.348 e. The number of ether oxygens (including phenoxy) is 1. The Hall–Kier alpha value is -2.92. The van der Waals surface area contributed by atoms with E-state index >= 15 is 0 Å². The van der Waals surface area contributed by atoms with E-state index in [-0.39, 0.29) is 12.4 Å². The largest absolute Gasteiger partial charge is 0.486 e. The molecule has 2 saturated heterocycles. The molecule has 0 bridgehead atoms. The molecule has 0 saturated carbocycles. The molecule has 3 heterocycles. The zero-order chi connectivity index (χ0) is 20.6. The lowest BCUT2D eigenvalue weighted by atomic mass is 9.88. The summed E-state index contributed by atoms with van der Waals surface area (Å²) in [5, 5.41) is 7.20. The van der Waals surface area contributed by atoms with Gasteiger partial charge in [-0.2, -0.15) is 5.90 Å². The fourth-order valence-electron chi connectivity index (χ4n) is 3.77. The molecule has 2 aliphatic rings. The van der Waals surface area contributed by atoms with E-state index in [1.807, 2.05) is 13.0 Å². The number of nitrogens with two attached hydrogens (primary N) is 1. The Labute approximate surface area is 170 Å². The van der Waals surface area contributed by atoms with Gasteiger partial charge in [-0.15, -0.1) is 16.9 Å². The van der Waals surface area contributed by atoms with E-state index in [0.717, 1.165) is 0 Å². The summed E-state index contributed by atoms with van der Waals surface area (Å²) in [4.78, 5) is 43.6. The predicted molar refractivity (Wildman–Crippen MR) is 101 cm³/mol. The minimum absolute atomic E-state index is 0.225. The molecule has 152 valence electrons. The number of hydrogen-bond donors (Lipinski definition) is 1. The van der Waals surface area contributed by atoms with Gasteiger partial charge in [0.25, 0.3) is 0 Å². The van der Waals surface area contributed by atoms with Gasteiger partial charge in [0.1, 0.15) is 24.3 Å². The van der Waals surface area contributed by atoms with Crippen LogP contribution in [-0.2, 0) is 25.8 Å². The smallest absolute Gasteiger partial charge is 0.348 e. The van der Waals surface area contributed by atoms with E-state index in [1.165, 1.54) is 22.9 Å². The van der Waals surface area contributed by atoms with E-state index in [9.17, 15) is 14.4 Å². The molecule has 10 nitrogen and oxygen atoms in total. The number of para-hydroxylation sites is 1. The fraction of sp³-hybridized carbons (Fsp3) is 0.389. The first kappa shape index (κ1) is 19.4. The molecule has 2 fully saturated rings. The Morgan fingerprint density at radius 2 is 2.07 bits per heavy atom. The van der Waals surface area contributed by atoms with Gasteiger partial charge in [-0.1, -0.05) is 23.4 Å². The molecule has 1 aromatic heterocycles. The monoisotopic (exact) mass is 417 g/mol. The summed E-state index contributed by atoms with van der Waals surface area (Å²) in [7, 11) is 0. The summed E-state index contributed by atoms with van der Waals surface area (Å²) in [6, 6.07) is 7.95. The van der Waals surface area contributed by atoms with E-state index in [1.54, 1.807) is 35.1 Å². The summed E-state index contributed by atoms with van der Waals surface area (Å²) >= 11 is 1.36. The average molecular weight is 417 g/mol. The number of β-lactam (4-membered cyclic amide) rings is 1. The van der Waals surface area contributed by atoms with Crippen molar-refractivity contribution in [2.24, 2.45) is 11.8 Å². The zero-order valence-electron chi connectivity index (χ0n) is 15.5. The Balaban J connectivity index is 1.51. The number of aromatic nitrogens is 3. The van der Waals surface area contributed by atoms with Crippen LogP contribution < -0.4 is 10.6 Å². The van der Waals surface area contributed by atoms with E-state index in [4.69, 9.17) is 10.6 Å². The molecule has 11 heteroatoms. The highest BCUT2D eigenvalue weighted by Crippen LogP contribution is 2.54. The molecule has 29 heavy (non-hydrogen) atoms. The number of ketones is 1. The van der Waals surface area contributed by atoms with Gasteiger partial charge >= 0.3 is 5.97 Å². The maximum atomic E-state index is 12.8. The molecule has 4 atom stereocenters. The molecular weight excluding hydrogens is 398 g/mol. The molecular formula is C18H19N5O5S. The molecule has 1 aromatic carbocycles. The topological polar surface area (TPSA) is 130 Å². The molecule has 0 aliphatic carbocycles. The quantitative estimate of drug-likeness (QED) is 0.376. The first-order chi connectivity index (χ1) is 13.9. The molecule has 1 amide bonds. The van der Waals surface area contributed by atoms with Crippen LogP contribution in [-0.4, -0.2) is 60.3 Å². The lowest BCUT2D eigenvalue weighted by molar-refractivity contribution is -0.169. The third-order valence-corrected chi connectivity index (χ3v) is 6.72. The second-order valence-corrected chi connectivity index (χ2v) is 8.70. The van der Waals surface area contributed by atoms with Gasteiger partial charge in [0, 0.05) is 6.20 Å². The normalized spacial score (nSPS) is 27.9. The standard InChI is InChI=1S/C18H19N5O5S/c1-18(10-22-8-7-20-21-22)14(17(26)28-19)23-15(25)13(16(23)29-18)12(24)9-27-11-5-3-2-4-6-11/h2-8,13-14,16H,9-10,19H2,1H3/t13-,14+,16+,18+/m1/s1. The summed E-state index contributed by atoms with van der Waals surface area (Å²) in [6.45, 7) is 1.88. The van der Waals surface area contributed by atoms with Crippen molar-refractivity contribution < 1.29 is 24.0 Å². The van der Waals surface area contributed by atoms with E-state index in [2.05, 4.69) is 15.1 Å². The van der Waals surface area contributed by atoms with Crippen LogP contribution in [0.15, 0.2) is 42.7 Å². The number of benzene rings is 1.